The second-order valence-electron chi connectivity index (χ2n) is 1.38. The van der Waals surface area contributed by atoms with Crippen molar-refractivity contribution in [2.75, 3.05) is 20.2 Å². The number of carbonyl (C=O) groups is 2. The summed E-state index contributed by atoms with van der Waals surface area (Å²) in [5.41, 5.74) is 9.38. The number of aliphatic carboxylic acids is 1. The first-order valence-corrected chi connectivity index (χ1v) is 2.77. The predicted molar refractivity (Wildman–Crippen MR) is 45.0 cm³/mol. The van der Waals surface area contributed by atoms with Gasteiger partial charge in [0.05, 0.1) is 20.2 Å². The standard InChI is InChI=1S/C3H7NO2.C2H5NO2.ClH/c1-6-3(5)2-4;3-1-2(4)5;/h2,4H2,1H3;1,3H2,(H,4,5);1H. The summed E-state index contributed by atoms with van der Waals surface area (Å²) in [7, 11) is 1.30. The molecule has 0 bridgehead atoms. The highest BCUT2D eigenvalue weighted by Crippen LogP contribution is 1.61. The highest BCUT2D eigenvalue weighted by Gasteiger charge is 1.87. The fraction of sp³-hybridized carbons (Fsp3) is 0.600. The normalized spacial score (nSPS) is 6.92. The maximum Gasteiger partial charge on any atom is 0.319 e. The van der Waals surface area contributed by atoms with Gasteiger partial charge in [-0.15, -0.1) is 12.4 Å². The largest absolute Gasteiger partial charge is 0.480 e. The van der Waals surface area contributed by atoms with Crippen LogP contribution in [0.3, 0.4) is 0 Å². The molecule has 0 fully saturated rings. The second kappa shape index (κ2) is 12.8. The third-order valence-corrected chi connectivity index (χ3v) is 0.569. The van der Waals surface area contributed by atoms with E-state index >= 15 is 0 Å². The van der Waals surface area contributed by atoms with Gasteiger partial charge in [0.15, 0.2) is 0 Å². The van der Waals surface area contributed by atoms with Crippen LogP contribution in [0.1, 0.15) is 0 Å². The van der Waals surface area contributed by atoms with Gasteiger partial charge in [0, 0.05) is 0 Å². The lowest BCUT2D eigenvalue weighted by Gasteiger charge is -1.87. The fourth-order valence-corrected chi connectivity index (χ4v) is 0.0833. The molecule has 0 heterocycles. The van der Waals surface area contributed by atoms with Gasteiger partial charge >= 0.3 is 11.9 Å². The molecule has 7 heteroatoms. The van der Waals surface area contributed by atoms with E-state index in [9.17, 15) is 9.59 Å². The lowest BCUT2D eigenvalue weighted by molar-refractivity contribution is -0.139. The molecule has 0 aliphatic rings. The van der Waals surface area contributed by atoms with E-state index in [0.717, 1.165) is 0 Å². The number of carboxylic acids is 1. The zero-order valence-electron chi connectivity index (χ0n) is 6.65. The number of hydrogen-bond acceptors (Lipinski definition) is 5. The molecule has 0 spiro atoms. The lowest BCUT2D eigenvalue weighted by Crippen LogP contribution is -2.14. The zero-order valence-corrected chi connectivity index (χ0v) is 7.47. The molecular formula is C5H13ClN2O4. The highest BCUT2D eigenvalue weighted by molar-refractivity contribution is 5.85. The Balaban J connectivity index is -0.000000126. The van der Waals surface area contributed by atoms with E-state index in [1.807, 2.05) is 0 Å². The average molecular weight is 201 g/mol. The van der Waals surface area contributed by atoms with Crippen LogP contribution in [0.15, 0.2) is 0 Å². The van der Waals surface area contributed by atoms with Crippen molar-refractivity contribution in [1.29, 1.82) is 0 Å². The predicted octanol–water partition coefficient (Wildman–Crippen LogP) is -1.43. The van der Waals surface area contributed by atoms with Crippen LogP contribution in [0, 0.1) is 0 Å². The quantitative estimate of drug-likeness (QED) is 0.471. The molecule has 0 rings (SSSR count). The van der Waals surface area contributed by atoms with Gasteiger partial charge in [-0.3, -0.25) is 9.59 Å². The summed E-state index contributed by atoms with van der Waals surface area (Å²) in [5.74, 6) is -1.35. The van der Waals surface area contributed by atoms with Gasteiger partial charge in [0.1, 0.15) is 0 Å². The minimum atomic E-state index is -0.968. The minimum absolute atomic E-state index is 0. The van der Waals surface area contributed by atoms with Gasteiger partial charge in [-0.2, -0.15) is 0 Å². The summed E-state index contributed by atoms with van der Waals surface area (Å²) in [6.07, 6.45) is 0. The maximum absolute atomic E-state index is 9.83. The van der Waals surface area contributed by atoms with Crippen molar-refractivity contribution in [1.82, 2.24) is 0 Å². The Hall–Kier alpha value is -0.850. The average Bonchev–Trinajstić information content (AvgIpc) is 2.04. The number of methoxy groups -OCH3 is 1. The molecule has 0 aliphatic carbocycles. The molecule has 0 aliphatic heterocycles. The van der Waals surface area contributed by atoms with E-state index in [4.69, 9.17) is 10.8 Å². The summed E-state index contributed by atoms with van der Waals surface area (Å²) in [4.78, 5) is 19.1. The maximum atomic E-state index is 9.83. The number of hydrogen-bond donors (Lipinski definition) is 3. The number of carboxylic acid groups (broad SMARTS) is 1. The summed E-state index contributed by atoms with van der Waals surface area (Å²) in [5, 5.41) is 7.60. The van der Waals surface area contributed by atoms with Crippen LogP contribution in [0.2, 0.25) is 0 Å². The van der Waals surface area contributed by atoms with Crippen LogP contribution < -0.4 is 11.5 Å². The third-order valence-electron chi connectivity index (χ3n) is 0.569. The van der Waals surface area contributed by atoms with Crippen molar-refractivity contribution in [2.24, 2.45) is 11.5 Å². The van der Waals surface area contributed by atoms with Crippen molar-refractivity contribution >= 4 is 24.3 Å². The molecule has 0 saturated carbocycles. The molecule has 0 aromatic rings. The Bertz CT molecular complexity index is 125. The Morgan fingerprint density at radius 3 is 1.67 bits per heavy atom. The first-order valence-electron chi connectivity index (χ1n) is 2.77. The van der Waals surface area contributed by atoms with Crippen molar-refractivity contribution in [3.8, 4) is 0 Å². The van der Waals surface area contributed by atoms with E-state index in [1.54, 1.807) is 0 Å². The van der Waals surface area contributed by atoms with E-state index in [0.29, 0.717) is 0 Å². The monoisotopic (exact) mass is 200 g/mol. The van der Waals surface area contributed by atoms with Crippen molar-refractivity contribution in [2.45, 2.75) is 0 Å². The van der Waals surface area contributed by atoms with Gasteiger partial charge in [-0.25, -0.2) is 0 Å². The van der Waals surface area contributed by atoms with Crippen molar-refractivity contribution in [3.05, 3.63) is 0 Å². The smallest absolute Gasteiger partial charge is 0.319 e. The molecule has 0 aromatic heterocycles. The van der Waals surface area contributed by atoms with E-state index in [-0.39, 0.29) is 31.5 Å². The molecule has 5 N–H and O–H groups in total. The number of esters is 1. The molecule has 12 heavy (non-hydrogen) atoms. The minimum Gasteiger partial charge on any atom is -0.480 e. The number of ether oxygens (including phenoxy) is 1. The Morgan fingerprint density at radius 1 is 1.33 bits per heavy atom. The summed E-state index contributed by atoms with van der Waals surface area (Å²) >= 11 is 0. The van der Waals surface area contributed by atoms with Gasteiger partial charge < -0.3 is 21.3 Å². The lowest BCUT2D eigenvalue weighted by atomic mass is 10.7. The number of nitrogens with two attached hydrogens (primary N) is 2. The Kier molecular flexibility index (Phi) is 18.4. The SMILES string of the molecule is COC(=O)CN.Cl.NCC(=O)O. The first-order chi connectivity index (χ1) is 5.08. The van der Waals surface area contributed by atoms with Crippen LogP contribution in [0.25, 0.3) is 0 Å². The molecule has 0 saturated heterocycles. The van der Waals surface area contributed by atoms with Gasteiger partial charge in [0.25, 0.3) is 0 Å². The molecule has 6 nitrogen and oxygen atoms in total. The Labute approximate surface area is 76.3 Å². The van der Waals surface area contributed by atoms with Crippen LogP contribution in [-0.2, 0) is 14.3 Å². The van der Waals surface area contributed by atoms with Crippen LogP contribution >= 0.6 is 12.4 Å². The number of carbonyl (C=O) groups excluding carboxylic acids is 1. The Morgan fingerprint density at radius 2 is 1.67 bits per heavy atom. The molecule has 0 aromatic carbocycles. The topological polar surface area (TPSA) is 116 Å². The molecule has 0 amide bonds. The van der Waals surface area contributed by atoms with Crippen LogP contribution in [0.4, 0.5) is 0 Å². The molecule has 74 valence electrons. The van der Waals surface area contributed by atoms with Crippen molar-refractivity contribution < 1.29 is 19.4 Å². The summed E-state index contributed by atoms with van der Waals surface area (Å²) in [6, 6.07) is 0. The van der Waals surface area contributed by atoms with E-state index in [1.165, 1.54) is 7.11 Å². The highest BCUT2D eigenvalue weighted by atomic mass is 35.5. The molecular weight excluding hydrogens is 188 g/mol. The van der Waals surface area contributed by atoms with Crippen LogP contribution in [-0.4, -0.2) is 37.2 Å². The second-order valence-corrected chi connectivity index (χ2v) is 1.38. The van der Waals surface area contributed by atoms with Gasteiger partial charge in [-0.1, -0.05) is 0 Å². The zero-order chi connectivity index (χ0) is 9.28. The van der Waals surface area contributed by atoms with Crippen LogP contribution in [0.5, 0.6) is 0 Å². The van der Waals surface area contributed by atoms with E-state index in [2.05, 4.69) is 10.5 Å². The first kappa shape index (κ1) is 17.3. The number of rotatable bonds is 2. The summed E-state index contributed by atoms with van der Waals surface area (Å²) in [6.45, 7) is -0.309. The van der Waals surface area contributed by atoms with Gasteiger partial charge in [-0.05, 0) is 0 Å². The molecule has 0 unspecified atom stereocenters. The molecule has 0 radical (unpaired) electrons. The van der Waals surface area contributed by atoms with E-state index < -0.39 is 5.97 Å². The third kappa shape index (κ3) is 22.9. The number of halogens is 1. The molecule has 0 atom stereocenters. The fourth-order valence-electron chi connectivity index (χ4n) is 0.0833. The van der Waals surface area contributed by atoms with Crippen molar-refractivity contribution in [3.63, 3.8) is 0 Å². The summed E-state index contributed by atoms with van der Waals surface area (Å²) < 4.78 is 4.14. The van der Waals surface area contributed by atoms with Gasteiger partial charge in [0.2, 0.25) is 0 Å².